The molecular weight excluding hydrogens is 608 g/mol. The normalized spacial score (nSPS) is 12.2. The highest BCUT2D eigenvalue weighted by Crippen LogP contribution is 2.14. The van der Waals surface area contributed by atoms with Gasteiger partial charge in [-0.2, -0.15) is 0 Å². The highest BCUT2D eigenvalue weighted by molar-refractivity contribution is 5.70. The van der Waals surface area contributed by atoms with E-state index in [0.717, 1.165) is 50.5 Å². The summed E-state index contributed by atoms with van der Waals surface area (Å²) in [6.45, 7) is 5.18. The Morgan fingerprint density at radius 3 is 1.59 bits per heavy atom. The molecule has 1 aromatic rings. The lowest BCUT2D eigenvalue weighted by molar-refractivity contribution is -0.163. The van der Waals surface area contributed by atoms with Gasteiger partial charge in [-0.05, 0) is 50.5 Å². The summed E-state index contributed by atoms with van der Waals surface area (Å²) < 4.78 is 17.1. The number of carbonyl (C=O) groups is 2. The van der Waals surface area contributed by atoms with Crippen LogP contribution < -0.4 is 0 Å². The lowest BCUT2D eigenvalue weighted by atomic mass is 10.0. The summed E-state index contributed by atoms with van der Waals surface area (Å²) in [6.07, 6.45) is 38.4. The quantitative estimate of drug-likeness (QED) is 0.0405. The molecule has 0 spiro atoms. The maximum Gasteiger partial charge on any atom is 0.306 e. The molecule has 0 aliphatic heterocycles. The van der Waals surface area contributed by atoms with Crippen molar-refractivity contribution in [2.75, 3.05) is 13.2 Å². The first-order valence-corrected chi connectivity index (χ1v) is 20.4. The maximum absolute atomic E-state index is 12.6. The van der Waals surface area contributed by atoms with Crippen LogP contribution in [0.25, 0.3) is 0 Å². The molecule has 0 aliphatic carbocycles. The summed E-state index contributed by atoms with van der Waals surface area (Å²) >= 11 is 0. The molecule has 0 aromatic heterocycles. The van der Waals surface area contributed by atoms with Crippen molar-refractivity contribution in [2.24, 2.45) is 0 Å². The third kappa shape index (κ3) is 31.3. The smallest absolute Gasteiger partial charge is 0.306 e. The van der Waals surface area contributed by atoms with Crippen molar-refractivity contribution in [3.05, 3.63) is 60.2 Å². The van der Waals surface area contributed by atoms with Crippen LogP contribution in [0.15, 0.2) is 54.6 Å². The Labute approximate surface area is 302 Å². The summed E-state index contributed by atoms with van der Waals surface area (Å²) in [6, 6.07) is 9.92. The fourth-order valence-electron chi connectivity index (χ4n) is 5.87. The van der Waals surface area contributed by atoms with Gasteiger partial charge in [0, 0.05) is 12.8 Å². The lowest BCUT2D eigenvalue weighted by Crippen LogP contribution is -2.29. The van der Waals surface area contributed by atoms with E-state index in [9.17, 15) is 9.59 Å². The number of esters is 2. The van der Waals surface area contributed by atoms with Crippen LogP contribution in [0.1, 0.15) is 186 Å². The van der Waals surface area contributed by atoms with E-state index in [-0.39, 0.29) is 25.2 Å². The fraction of sp³-hybridized carbons (Fsp3) is 0.727. The zero-order valence-corrected chi connectivity index (χ0v) is 31.8. The largest absolute Gasteiger partial charge is 0.462 e. The Morgan fingerprint density at radius 1 is 0.551 bits per heavy atom. The number of carbonyl (C=O) groups excluding carboxylic acids is 2. The lowest BCUT2D eigenvalue weighted by Gasteiger charge is -2.18. The summed E-state index contributed by atoms with van der Waals surface area (Å²) in [5.74, 6) is -0.465. The van der Waals surface area contributed by atoms with E-state index >= 15 is 0 Å². The van der Waals surface area contributed by atoms with Crippen LogP contribution in [0.4, 0.5) is 0 Å². The van der Waals surface area contributed by atoms with Gasteiger partial charge in [-0.1, -0.05) is 178 Å². The van der Waals surface area contributed by atoms with Crippen molar-refractivity contribution in [1.29, 1.82) is 0 Å². The average Bonchev–Trinajstić information content (AvgIpc) is 3.11. The van der Waals surface area contributed by atoms with Gasteiger partial charge in [0.15, 0.2) is 6.10 Å². The molecule has 0 heterocycles. The van der Waals surface area contributed by atoms with Gasteiger partial charge in [0.1, 0.15) is 6.61 Å². The molecule has 0 N–H and O–H groups in total. The van der Waals surface area contributed by atoms with Crippen LogP contribution in [0, 0.1) is 0 Å². The highest BCUT2D eigenvalue weighted by Gasteiger charge is 2.17. The molecule has 0 radical (unpaired) electrons. The van der Waals surface area contributed by atoms with Crippen LogP contribution in [-0.4, -0.2) is 31.3 Å². The molecule has 5 heteroatoms. The molecular formula is C44H74O5. The molecule has 0 amide bonds. The molecule has 49 heavy (non-hydrogen) atoms. The number of rotatable bonds is 35. The maximum atomic E-state index is 12.6. The van der Waals surface area contributed by atoms with Crippen LogP contribution in [-0.2, 0) is 30.4 Å². The number of unbranched alkanes of at least 4 members (excludes halogenated alkanes) is 20. The third-order valence-electron chi connectivity index (χ3n) is 8.96. The van der Waals surface area contributed by atoms with Gasteiger partial charge in [-0.25, -0.2) is 0 Å². The van der Waals surface area contributed by atoms with Gasteiger partial charge >= 0.3 is 11.9 Å². The van der Waals surface area contributed by atoms with E-state index in [1.54, 1.807) is 0 Å². The van der Waals surface area contributed by atoms with Gasteiger partial charge < -0.3 is 14.2 Å². The van der Waals surface area contributed by atoms with Crippen LogP contribution in [0.2, 0.25) is 0 Å². The minimum atomic E-state index is -0.593. The second-order valence-electron chi connectivity index (χ2n) is 13.8. The van der Waals surface area contributed by atoms with Crippen molar-refractivity contribution in [2.45, 2.75) is 193 Å². The van der Waals surface area contributed by atoms with Crippen molar-refractivity contribution in [3.63, 3.8) is 0 Å². The molecule has 1 aromatic carbocycles. The Hall–Kier alpha value is -2.40. The predicted octanol–water partition coefficient (Wildman–Crippen LogP) is 13.0. The first-order valence-electron chi connectivity index (χ1n) is 20.4. The zero-order valence-electron chi connectivity index (χ0n) is 31.8. The Kier molecular flexibility index (Phi) is 32.3. The summed E-state index contributed by atoms with van der Waals surface area (Å²) in [4.78, 5) is 25.1. The van der Waals surface area contributed by atoms with E-state index in [1.165, 1.54) is 109 Å². The van der Waals surface area contributed by atoms with E-state index in [2.05, 4.69) is 38.2 Å². The van der Waals surface area contributed by atoms with Crippen LogP contribution in [0.3, 0.4) is 0 Å². The molecule has 0 bridgehead atoms. The van der Waals surface area contributed by atoms with Gasteiger partial charge in [-0.3, -0.25) is 9.59 Å². The highest BCUT2D eigenvalue weighted by atomic mass is 16.6. The van der Waals surface area contributed by atoms with Crippen LogP contribution in [0.5, 0.6) is 0 Å². The molecule has 0 unspecified atom stereocenters. The SMILES string of the molecule is CCCCC/C=C\C/C=C\CCCCCCCC(=O)O[C@@H](COCc1ccccc1)COC(=O)CCCCCCCCCCCCCCC. The summed E-state index contributed by atoms with van der Waals surface area (Å²) in [5.41, 5.74) is 1.05. The number of benzene rings is 1. The molecule has 0 saturated carbocycles. The average molecular weight is 683 g/mol. The van der Waals surface area contributed by atoms with E-state index in [4.69, 9.17) is 14.2 Å². The summed E-state index contributed by atoms with van der Waals surface area (Å²) in [5, 5.41) is 0. The summed E-state index contributed by atoms with van der Waals surface area (Å²) in [7, 11) is 0. The van der Waals surface area contributed by atoms with E-state index in [1.807, 2.05) is 30.3 Å². The minimum Gasteiger partial charge on any atom is -0.462 e. The fourth-order valence-corrected chi connectivity index (χ4v) is 5.87. The second kappa shape index (κ2) is 35.4. The van der Waals surface area contributed by atoms with Crippen molar-refractivity contribution >= 4 is 11.9 Å². The predicted molar refractivity (Wildman–Crippen MR) is 207 cm³/mol. The first-order chi connectivity index (χ1) is 24.2. The minimum absolute atomic E-state index is 0.0416. The van der Waals surface area contributed by atoms with Gasteiger partial charge in [-0.15, -0.1) is 0 Å². The van der Waals surface area contributed by atoms with Gasteiger partial charge in [0.25, 0.3) is 0 Å². The molecule has 0 aliphatic rings. The van der Waals surface area contributed by atoms with Gasteiger partial charge in [0.2, 0.25) is 0 Å². The van der Waals surface area contributed by atoms with Crippen molar-refractivity contribution < 1.29 is 23.8 Å². The number of ether oxygens (including phenoxy) is 3. The number of allylic oxidation sites excluding steroid dienone is 4. The molecule has 0 saturated heterocycles. The molecule has 5 nitrogen and oxygen atoms in total. The van der Waals surface area contributed by atoms with E-state index < -0.39 is 6.10 Å². The van der Waals surface area contributed by atoms with Gasteiger partial charge in [0.05, 0.1) is 13.2 Å². The number of hydrogen-bond acceptors (Lipinski definition) is 5. The Balaban J connectivity index is 2.19. The topological polar surface area (TPSA) is 61.8 Å². The number of hydrogen-bond donors (Lipinski definition) is 0. The molecule has 1 rings (SSSR count). The molecule has 1 atom stereocenters. The molecule has 280 valence electrons. The molecule has 0 fully saturated rings. The standard InChI is InChI=1S/C44H74O5/c1-3-5-7-9-11-13-15-17-18-20-22-24-26-28-33-37-44(46)49-42(39-47-38-41-34-30-29-31-35-41)40-48-43(45)36-32-27-25-23-21-19-16-14-12-10-8-6-4-2/h11,13,17-18,29-31,34-35,42H,3-10,12,14-16,19-28,32-33,36-40H2,1-2H3/b13-11-,18-17-/t42-/m0/s1. The Morgan fingerprint density at radius 2 is 1.02 bits per heavy atom. The third-order valence-corrected chi connectivity index (χ3v) is 8.96. The monoisotopic (exact) mass is 683 g/mol. The Bertz CT molecular complexity index is 925. The van der Waals surface area contributed by atoms with Crippen LogP contribution >= 0.6 is 0 Å². The van der Waals surface area contributed by atoms with Crippen molar-refractivity contribution in [1.82, 2.24) is 0 Å². The first kappa shape index (κ1) is 44.6. The van der Waals surface area contributed by atoms with Crippen molar-refractivity contribution in [3.8, 4) is 0 Å². The second-order valence-corrected chi connectivity index (χ2v) is 13.8. The van der Waals surface area contributed by atoms with E-state index in [0.29, 0.717) is 19.4 Å². The zero-order chi connectivity index (χ0) is 35.3.